The van der Waals surface area contributed by atoms with Crippen molar-refractivity contribution in [2.24, 2.45) is 0 Å². The lowest BCUT2D eigenvalue weighted by Crippen LogP contribution is -2.23. The van der Waals surface area contributed by atoms with Crippen molar-refractivity contribution in [3.63, 3.8) is 0 Å². The number of thioether (sulfide) groups is 1. The highest BCUT2D eigenvalue weighted by molar-refractivity contribution is 7.99. The highest BCUT2D eigenvalue weighted by Gasteiger charge is 2.26. The van der Waals surface area contributed by atoms with Crippen LogP contribution < -0.4 is 15.8 Å². The quantitative estimate of drug-likeness (QED) is 0.723. The number of benzene rings is 1. The summed E-state index contributed by atoms with van der Waals surface area (Å²) in [5, 5.41) is 4.01. The molecule has 1 saturated carbocycles. The zero-order valence-corrected chi connectivity index (χ0v) is 13.4. The van der Waals surface area contributed by atoms with E-state index in [1.54, 1.807) is 12.1 Å². The summed E-state index contributed by atoms with van der Waals surface area (Å²) in [7, 11) is -2.11. The summed E-state index contributed by atoms with van der Waals surface area (Å²) in [6.07, 6.45) is 5.41. The molecule has 0 radical (unpaired) electrons. The topological polar surface area (TPSA) is 84.2 Å². The van der Waals surface area contributed by atoms with Gasteiger partial charge >= 0.3 is 0 Å². The first-order valence-corrected chi connectivity index (χ1v) is 9.35. The fraction of sp³-hybridized carbons (Fsp3) is 0.538. The van der Waals surface area contributed by atoms with Crippen LogP contribution in [-0.2, 0) is 10.0 Å². The molecule has 0 aromatic heterocycles. The van der Waals surface area contributed by atoms with Crippen molar-refractivity contribution in [1.82, 2.24) is 4.72 Å². The van der Waals surface area contributed by atoms with Gasteiger partial charge < -0.3 is 11.1 Å². The van der Waals surface area contributed by atoms with Gasteiger partial charge in [-0.15, -0.1) is 0 Å². The lowest BCUT2D eigenvalue weighted by atomic mass is 10.2. The molecule has 0 saturated heterocycles. The Morgan fingerprint density at radius 2 is 2.10 bits per heavy atom. The van der Waals surface area contributed by atoms with Crippen molar-refractivity contribution >= 4 is 33.2 Å². The Bertz CT molecular complexity index is 575. The van der Waals surface area contributed by atoms with E-state index in [2.05, 4.69) is 16.3 Å². The van der Waals surface area contributed by atoms with Gasteiger partial charge in [-0.2, -0.15) is 11.8 Å². The van der Waals surface area contributed by atoms with Crippen LogP contribution in [-0.4, -0.2) is 33.0 Å². The smallest absolute Gasteiger partial charge is 0.242 e. The molecule has 5 nitrogen and oxygen atoms in total. The van der Waals surface area contributed by atoms with Gasteiger partial charge in [-0.05, 0) is 50.8 Å². The Morgan fingerprint density at radius 1 is 1.35 bits per heavy atom. The van der Waals surface area contributed by atoms with E-state index < -0.39 is 10.0 Å². The molecule has 4 N–H and O–H groups in total. The molecule has 1 aromatic carbocycles. The van der Waals surface area contributed by atoms with E-state index in [0.29, 0.717) is 22.7 Å². The average Bonchev–Trinajstić information content (AvgIpc) is 2.88. The Kier molecular flexibility index (Phi) is 4.82. The molecule has 0 bridgehead atoms. The number of nitrogen functional groups attached to an aromatic ring is 1. The van der Waals surface area contributed by atoms with Crippen LogP contribution in [0.15, 0.2) is 23.1 Å². The van der Waals surface area contributed by atoms with Gasteiger partial charge in [-0.25, -0.2) is 13.1 Å². The van der Waals surface area contributed by atoms with Crippen molar-refractivity contribution in [2.45, 2.75) is 35.4 Å². The first kappa shape index (κ1) is 15.5. The van der Waals surface area contributed by atoms with Gasteiger partial charge in [-0.3, -0.25) is 0 Å². The molecule has 7 heteroatoms. The minimum absolute atomic E-state index is 0.215. The second-order valence-corrected chi connectivity index (χ2v) is 7.97. The Hall–Kier alpha value is -0.920. The molecule has 20 heavy (non-hydrogen) atoms. The van der Waals surface area contributed by atoms with E-state index in [9.17, 15) is 8.42 Å². The van der Waals surface area contributed by atoms with E-state index in [0.717, 1.165) is 12.8 Å². The summed E-state index contributed by atoms with van der Waals surface area (Å²) in [5.41, 5.74) is 6.77. The van der Waals surface area contributed by atoms with E-state index >= 15 is 0 Å². The summed E-state index contributed by atoms with van der Waals surface area (Å²) in [5.74, 6) is 0. The van der Waals surface area contributed by atoms with Gasteiger partial charge in [0, 0.05) is 17.0 Å². The summed E-state index contributed by atoms with van der Waals surface area (Å²) < 4.78 is 26.5. The highest BCUT2D eigenvalue weighted by atomic mass is 32.2. The Morgan fingerprint density at radius 3 is 2.70 bits per heavy atom. The molecule has 0 aliphatic heterocycles. The lowest BCUT2D eigenvalue weighted by Gasteiger charge is -2.18. The van der Waals surface area contributed by atoms with Crippen LogP contribution in [0.25, 0.3) is 0 Å². The monoisotopic (exact) mass is 315 g/mol. The summed E-state index contributed by atoms with van der Waals surface area (Å²) in [6, 6.07) is 5.28. The molecule has 2 atom stereocenters. The summed E-state index contributed by atoms with van der Waals surface area (Å²) in [4.78, 5) is 0.215. The second-order valence-electron chi connectivity index (χ2n) is 4.98. The minimum Gasteiger partial charge on any atom is -0.399 e. The van der Waals surface area contributed by atoms with E-state index in [-0.39, 0.29) is 4.90 Å². The maximum absolute atomic E-state index is 12.1. The van der Waals surface area contributed by atoms with Gasteiger partial charge in [0.2, 0.25) is 10.0 Å². The predicted octanol–water partition coefficient (Wildman–Crippen LogP) is 1.87. The molecule has 2 unspecified atom stereocenters. The SMILES string of the molecule is CNS(=O)(=O)c1cc(N)ccc1NC1CCC(SC)C1. The Balaban J connectivity index is 2.24. The molecular weight excluding hydrogens is 294 g/mol. The summed E-state index contributed by atoms with van der Waals surface area (Å²) in [6.45, 7) is 0. The van der Waals surface area contributed by atoms with Crippen molar-refractivity contribution in [3.8, 4) is 0 Å². The lowest BCUT2D eigenvalue weighted by molar-refractivity contribution is 0.588. The van der Waals surface area contributed by atoms with Crippen molar-refractivity contribution in [2.75, 3.05) is 24.4 Å². The van der Waals surface area contributed by atoms with Crippen LogP contribution >= 0.6 is 11.8 Å². The zero-order chi connectivity index (χ0) is 14.8. The first-order valence-electron chi connectivity index (χ1n) is 6.58. The zero-order valence-electron chi connectivity index (χ0n) is 11.7. The Labute approximate surface area is 124 Å². The van der Waals surface area contributed by atoms with E-state index in [1.807, 2.05) is 11.8 Å². The van der Waals surface area contributed by atoms with Crippen LogP contribution in [0, 0.1) is 0 Å². The third kappa shape index (κ3) is 3.39. The number of hydrogen-bond acceptors (Lipinski definition) is 5. The predicted molar refractivity (Wildman–Crippen MR) is 85.7 cm³/mol. The number of rotatable bonds is 5. The molecule has 0 spiro atoms. The fourth-order valence-corrected chi connectivity index (χ4v) is 4.22. The van der Waals surface area contributed by atoms with Crippen LogP contribution in [0.4, 0.5) is 11.4 Å². The molecule has 0 amide bonds. The second kappa shape index (κ2) is 6.24. The largest absolute Gasteiger partial charge is 0.399 e. The van der Waals surface area contributed by atoms with Crippen LogP contribution in [0.3, 0.4) is 0 Å². The van der Waals surface area contributed by atoms with Gasteiger partial charge in [0.25, 0.3) is 0 Å². The molecule has 0 heterocycles. The van der Waals surface area contributed by atoms with Crippen LogP contribution in [0.2, 0.25) is 0 Å². The third-order valence-electron chi connectivity index (χ3n) is 3.64. The van der Waals surface area contributed by atoms with Crippen LogP contribution in [0.5, 0.6) is 0 Å². The number of nitrogens with one attached hydrogen (secondary N) is 2. The molecule has 1 aliphatic carbocycles. The molecular formula is C13H21N3O2S2. The maximum atomic E-state index is 12.1. The number of hydrogen-bond donors (Lipinski definition) is 3. The van der Waals surface area contributed by atoms with Crippen LogP contribution in [0.1, 0.15) is 19.3 Å². The van der Waals surface area contributed by atoms with E-state index in [4.69, 9.17) is 5.73 Å². The van der Waals surface area contributed by atoms with E-state index in [1.165, 1.54) is 19.5 Å². The molecule has 112 valence electrons. The number of sulfonamides is 1. The van der Waals surface area contributed by atoms with Crippen molar-refractivity contribution in [3.05, 3.63) is 18.2 Å². The standard InChI is InChI=1S/C13H21N3O2S2/c1-15-20(17,18)13-7-9(14)3-6-12(13)16-10-4-5-11(8-10)19-2/h3,6-7,10-11,15-16H,4-5,8,14H2,1-2H3. The maximum Gasteiger partial charge on any atom is 0.242 e. The molecule has 1 aromatic rings. The highest BCUT2D eigenvalue weighted by Crippen LogP contribution is 2.32. The molecule has 2 rings (SSSR count). The first-order chi connectivity index (χ1) is 9.46. The number of anilines is 2. The average molecular weight is 315 g/mol. The third-order valence-corrected chi connectivity index (χ3v) is 6.19. The fourth-order valence-electron chi connectivity index (χ4n) is 2.50. The van der Waals surface area contributed by atoms with Crippen molar-refractivity contribution < 1.29 is 8.42 Å². The van der Waals surface area contributed by atoms with Gasteiger partial charge in [0.1, 0.15) is 4.90 Å². The van der Waals surface area contributed by atoms with Gasteiger partial charge in [0.05, 0.1) is 5.69 Å². The van der Waals surface area contributed by atoms with Gasteiger partial charge in [-0.1, -0.05) is 0 Å². The minimum atomic E-state index is -3.51. The summed E-state index contributed by atoms with van der Waals surface area (Å²) >= 11 is 1.87. The van der Waals surface area contributed by atoms with Crippen molar-refractivity contribution in [1.29, 1.82) is 0 Å². The molecule has 1 aliphatic rings. The van der Waals surface area contributed by atoms with Gasteiger partial charge in [0.15, 0.2) is 0 Å². The normalized spacial score (nSPS) is 22.9. The molecule has 1 fully saturated rings. The number of nitrogens with two attached hydrogens (primary N) is 1.